The highest BCUT2D eigenvalue weighted by Crippen LogP contribution is 2.22. The highest BCUT2D eigenvalue weighted by atomic mass is 19.1. The molecule has 0 spiro atoms. The van der Waals surface area contributed by atoms with Crippen molar-refractivity contribution < 1.29 is 4.39 Å². The fraction of sp³-hybridized carbons (Fsp3) is 0.364. The molecule has 4 heteroatoms. The van der Waals surface area contributed by atoms with Gasteiger partial charge in [-0.1, -0.05) is 13.8 Å². The van der Waals surface area contributed by atoms with Crippen molar-refractivity contribution in [2.75, 3.05) is 5.73 Å². The lowest BCUT2D eigenvalue weighted by Gasteiger charge is -1.97. The Labute approximate surface area is 88.7 Å². The SMILES string of the molecule is CC.Cc1cc2c(cc1F)c(N)nn2C. The zero-order valence-electron chi connectivity index (χ0n) is 9.50. The predicted octanol–water partition coefficient (Wildman–Crippen LogP) is 2.63. The van der Waals surface area contributed by atoms with Crippen molar-refractivity contribution >= 4 is 16.7 Å². The molecule has 0 aliphatic carbocycles. The van der Waals surface area contributed by atoms with E-state index in [0.29, 0.717) is 16.8 Å². The van der Waals surface area contributed by atoms with Gasteiger partial charge in [-0.3, -0.25) is 4.68 Å². The molecule has 0 saturated heterocycles. The summed E-state index contributed by atoms with van der Waals surface area (Å²) in [5, 5.41) is 4.67. The van der Waals surface area contributed by atoms with Crippen molar-refractivity contribution in [2.45, 2.75) is 20.8 Å². The number of aryl methyl sites for hydroxylation is 2. The molecule has 0 atom stereocenters. The van der Waals surface area contributed by atoms with Crippen LogP contribution < -0.4 is 5.73 Å². The van der Waals surface area contributed by atoms with E-state index in [4.69, 9.17) is 5.73 Å². The maximum Gasteiger partial charge on any atom is 0.153 e. The van der Waals surface area contributed by atoms with Crippen LogP contribution in [0.4, 0.5) is 10.2 Å². The highest BCUT2D eigenvalue weighted by Gasteiger charge is 2.08. The quantitative estimate of drug-likeness (QED) is 0.724. The van der Waals surface area contributed by atoms with Gasteiger partial charge in [-0.2, -0.15) is 5.10 Å². The van der Waals surface area contributed by atoms with Gasteiger partial charge in [0.05, 0.1) is 5.52 Å². The van der Waals surface area contributed by atoms with E-state index < -0.39 is 0 Å². The Morgan fingerprint density at radius 1 is 1.33 bits per heavy atom. The van der Waals surface area contributed by atoms with E-state index in [1.54, 1.807) is 24.7 Å². The maximum absolute atomic E-state index is 13.1. The van der Waals surface area contributed by atoms with E-state index >= 15 is 0 Å². The number of nitrogen functional groups attached to an aromatic ring is 1. The summed E-state index contributed by atoms with van der Waals surface area (Å²) in [6.45, 7) is 5.72. The fourth-order valence-electron chi connectivity index (χ4n) is 1.41. The van der Waals surface area contributed by atoms with Gasteiger partial charge in [0.1, 0.15) is 5.82 Å². The molecule has 0 radical (unpaired) electrons. The molecular weight excluding hydrogens is 193 g/mol. The Kier molecular flexibility index (Phi) is 3.29. The molecule has 1 aromatic heterocycles. The van der Waals surface area contributed by atoms with E-state index in [2.05, 4.69) is 5.10 Å². The molecule has 1 heterocycles. The van der Waals surface area contributed by atoms with Gasteiger partial charge in [-0.05, 0) is 24.6 Å². The third-order valence-corrected chi connectivity index (χ3v) is 2.16. The summed E-state index contributed by atoms with van der Waals surface area (Å²) in [4.78, 5) is 0. The number of aromatic nitrogens is 2. The minimum absolute atomic E-state index is 0.243. The van der Waals surface area contributed by atoms with Crippen LogP contribution in [0.5, 0.6) is 0 Å². The molecule has 0 amide bonds. The number of fused-ring (bicyclic) bond motifs is 1. The third-order valence-electron chi connectivity index (χ3n) is 2.16. The lowest BCUT2D eigenvalue weighted by atomic mass is 10.1. The Morgan fingerprint density at radius 2 is 1.93 bits per heavy atom. The minimum atomic E-state index is -0.243. The Hall–Kier alpha value is -1.58. The standard InChI is InChI=1S/C9H10FN3.C2H6/c1-5-3-8-6(4-7(5)10)9(11)12-13(8)2;1-2/h3-4H,1-2H3,(H2,11,12);1-2H3. The summed E-state index contributed by atoms with van der Waals surface area (Å²) in [6.07, 6.45) is 0. The van der Waals surface area contributed by atoms with Crippen LogP contribution in [0.3, 0.4) is 0 Å². The van der Waals surface area contributed by atoms with Gasteiger partial charge < -0.3 is 5.73 Å². The number of rotatable bonds is 0. The first-order valence-electron chi connectivity index (χ1n) is 4.98. The predicted molar refractivity (Wildman–Crippen MR) is 61.2 cm³/mol. The molecular formula is C11H16FN3. The van der Waals surface area contributed by atoms with Gasteiger partial charge in [0.25, 0.3) is 0 Å². The first kappa shape index (κ1) is 11.5. The van der Waals surface area contributed by atoms with Crippen LogP contribution in [-0.4, -0.2) is 9.78 Å². The van der Waals surface area contributed by atoms with Crippen molar-refractivity contribution in [1.82, 2.24) is 9.78 Å². The van der Waals surface area contributed by atoms with Crippen molar-refractivity contribution in [3.63, 3.8) is 0 Å². The van der Waals surface area contributed by atoms with Crippen molar-refractivity contribution in [1.29, 1.82) is 0 Å². The third kappa shape index (κ3) is 1.93. The maximum atomic E-state index is 13.1. The topological polar surface area (TPSA) is 43.8 Å². The molecule has 15 heavy (non-hydrogen) atoms. The number of hydrogen-bond acceptors (Lipinski definition) is 2. The van der Waals surface area contributed by atoms with Crippen LogP contribution >= 0.6 is 0 Å². The summed E-state index contributed by atoms with van der Waals surface area (Å²) in [5.41, 5.74) is 7.06. The van der Waals surface area contributed by atoms with Crippen molar-refractivity contribution in [3.8, 4) is 0 Å². The average molecular weight is 209 g/mol. The second-order valence-electron chi connectivity index (χ2n) is 3.13. The van der Waals surface area contributed by atoms with Crippen LogP contribution in [0.25, 0.3) is 10.9 Å². The van der Waals surface area contributed by atoms with E-state index in [9.17, 15) is 4.39 Å². The number of nitrogens with zero attached hydrogens (tertiary/aromatic N) is 2. The first-order chi connectivity index (χ1) is 7.09. The molecule has 3 nitrogen and oxygen atoms in total. The molecule has 2 rings (SSSR count). The van der Waals surface area contributed by atoms with Gasteiger partial charge in [-0.15, -0.1) is 0 Å². The Bertz CT molecular complexity index is 432. The van der Waals surface area contributed by atoms with E-state index in [-0.39, 0.29) is 5.82 Å². The average Bonchev–Trinajstić information content (AvgIpc) is 2.48. The molecule has 0 aliphatic heterocycles. The van der Waals surface area contributed by atoms with Crippen LogP contribution in [0, 0.1) is 12.7 Å². The van der Waals surface area contributed by atoms with E-state index in [0.717, 1.165) is 5.52 Å². The van der Waals surface area contributed by atoms with E-state index in [1.807, 2.05) is 13.8 Å². The van der Waals surface area contributed by atoms with E-state index in [1.165, 1.54) is 6.07 Å². The monoisotopic (exact) mass is 209 g/mol. The minimum Gasteiger partial charge on any atom is -0.382 e. The largest absolute Gasteiger partial charge is 0.382 e. The smallest absolute Gasteiger partial charge is 0.153 e. The van der Waals surface area contributed by atoms with Crippen LogP contribution in [-0.2, 0) is 7.05 Å². The molecule has 2 aromatic rings. The molecule has 1 aromatic carbocycles. The lowest BCUT2D eigenvalue weighted by Crippen LogP contribution is -1.91. The summed E-state index contributed by atoms with van der Waals surface area (Å²) in [7, 11) is 1.79. The molecule has 0 fully saturated rings. The molecule has 2 N–H and O–H groups in total. The van der Waals surface area contributed by atoms with Gasteiger partial charge in [0.2, 0.25) is 0 Å². The van der Waals surface area contributed by atoms with Crippen molar-refractivity contribution in [3.05, 3.63) is 23.5 Å². The molecule has 0 saturated carbocycles. The first-order valence-corrected chi connectivity index (χ1v) is 4.98. The van der Waals surface area contributed by atoms with Crippen LogP contribution in [0.1, 0.15) is 19.4 Å². The summed E-state index contributed by atoms with van der Waals surface area (Å²) >= 11 is 0. The molecule has 0 unspecified atom stereocenters. The van der Waals surface area contributed by atoms with Crippen LogP contribution in [0.15, 0.2) is 12.1 Å². The van der Waals surface area contributed by atoms with Gasteiger partial charge in [-0.25, -0.2) is 4.39 Å². The summed E-state index contributed by atoms with van der Waals surface area (Å²) in [6, 6.07) is 3.17. The van der Waals surface area contributed by atoms with Gasteiger partial charge in [0, 0.05) is 12.4 Å². The number of nitrogens with two attached hydrogens (primary N) is 1. The second-order valence-corrected chi connectivity index (χ2v) is 3.13. The number of anilines is 1. The second kappa shape index (κ2) is 4.29. The number of hydrogen-bond donors (Lipinski definition) is 1. The highest BCUT2D eigenvalue weighted by molar-refractivity contribution is 5.89. The zero-order valence-corrected chi connectivity index (χ0v) is 9.50. The summed E-state index contributed by atoms with van der Waals surface area (Å²) < 4.78 is 14.8. The fourth-order valence-corrected chi connectivity index (χ4v) is 1.41. The van der Waals surface area contributed by atoms with Gasteiger partial charge >= 0.3 is 0 Å². The zero-order chi connectivity index (χ0) is 11.6. The molecule has 0 bridgehead atoms. The van der Waals surface area contributed by atoms with Crippen molar-refractivity contribution in [2.24, 2.45) is 7.05 Å². The Balaban J connectivity index is 0.000000531. The van der Waals surface area contributed by atoms with Crippen LogP contribution in [0.2, 0.25) is 0 Å². The normalized spacial score (nSPS) is 9.93. The summed E-state index contributed by atoms with van der Waals surface area (Å²) in [5.74, 6) is 0.128. The number of benzene rings is 1. The lowest BCUT2D eigenvalue weighted by molar-refractivity contribution is 0.620. The van der Waals surface area contributed by atoms with Gasteiger partial charge in [0.15, 0.2) is 5.82 Å². The number of halogens is 1. The molecule has 0 aliphatic rings. The Morgan fingerprint density at radius 3 is 2.53 bits per heavy atom. The molecule has 82 valence electrons.